The van der Waals surface area contributed by atoms with Gasteiger partial charge in [-0.1, -0.05) is 24.3 Å². The second kappa shape index (κ2) is 11.5. The predicted octanol–water partition coefficient (Wildman–Crippen LogP) is 6.82. The van der Waals surface area contributed by atoms with Crippen molar-refractivity contribution in [1.82, 2.24) is 20.4 Å². The second-order valence-corrected chi connectivity index (χ2v) is 9.12. The third kappa shape index (κ3) is 5.13. The lowest BCUT2D eigenvalue weighted by molar-refractivity contribution is 0.355. The van der Waals surface area contributed by atoms with Gasteiger partial charge in [0.05, 0.1) is 28.4 Å². The Hall–Kier alpha value is -5.64. The number of nitrogens with zero attached hydrogens (tertiary/aromatic N) is 4. The molecule has 6 rings (SSSR count). The molecular formula is C32H26N4O6. The van der Waals surface area contributed by atoms with Gasteiger partial charge < -0.3 is 27.8 Å². The van der Waals surface area contributed by atoms with E-state index >= 15 is 0 Å². The summed E-state index contributed by atoms with van der Waals surface area (Å²) < 4.78 is 33.2. The Morgan fingerprint density at radius 2 is 0.643 bits per heavy atom. The Kier molecular flexibility index (Phi) is 7.25. The molecule has 42 heavy (non-hydrogen) atoms. The lowest BCUT2D eigenvalue weighted by Crippen LogP contribution is -1.90. The topological polar surface area (TPSA) is 115 Å². The highest BCUT2D eigenvalue weighted by Crippen LogP contribution is 2.35. The number of rotatable bonds is 9. The summed E-state index contributed by atoms with van der Waals surface area (Å²) in [6.07, 6.45) is 0. The van der Waals surface area contributed by atoms with Gasteiger partial charge in [0, 0.05) is 22.3 Å². The van der Waals surface area contributed by atoms with E-state index in [0.29, 0.717) is 46.6 Å². The van der Waals surface area contributed by atoms with Gasteiger partial charge in [-0.05, 0) is 71.8 Å². The Morgan fingerprint density at radius 1 is 0.357 bits per heavy atom. The van der Waals surface area contributed by atoms with Crippen LogP contribution in [-0.4, -0.2) is 48.8 Å². The monoisotopic (exact) mass is 562 g/mol. The van der Waals surface area contributed by atoms with Gasteiger partial charge in [0.15, 0.2) is 23.0 Å². The molecular weight excluding hydrogens is 536 g/mol. The zero-order valence-electron chi connectivity index (χ0n) is 23.3. The third-order valence-electron chi connectivity index (χ3n) is 6.71. The number of hydrogen-bond donors (Lipinski definition) is 0. The summed E-state index contributed by atoms with van der Waals surface area (Å²) in [5.41, 5.74) is 5.15. The van der Waals surface area contributed by atoms with E-state index < -0.39 is 0 Å². The van der Waals surface area contributed by atoms with E-state index in [-0.39, 0.29) is 0 Å². The van der Waals surface area contributed by atoms with Crippen LogP contribution in [0.1, 0.15) is 0 Å². The summed E-state index contributed by atoms with van der Waals surface area (Å²) >= 11 is 0. The van der Waals surface area contributed by atoms with Crippen LogP contribution >= 0.6 is 0 Å². The first-order valence-corrected chi connectivity index (χ1v) is 12.9. The first kappa shape index (κ1) is 26.6. The highest BCUT2D eigenvalue weighted by molar-refractivity contribution is 5.70. The van der Waals surface area contributed by atoms with Gasteiger partial charge in [0.25, 0.3) is 0 Å². The second-order valence-electron chi connectivity index (χ2n) is 9.12. The zero-order chi connectivity index (χ0) is 29.1. The Bertz CT molecular complexity index is 1690. The van der Waals surface area contributed by atoms with E-state index in [1.54, 1.807) is 52.7 Å². The summed E-state index contributed by atoms with van der Waals surface area (Å²) in [5, 5.41) is 16.9. The fourth-order valence-electron chi connectivity index (χ4n) is 4.46. The number of methoxy groups -OCH3 is 4. The van der Waals surface area contributed by atoms with E-state index in [1.165, 1.54) is 0 Å². The Morgan fingerprint density at radius 3 is 0.976 bits per heavy atom. The largest absolute Gasteiger partial charge is 0.493 e. The Labute approximate surface area is 241 Å². The third-order valence-corrected chi connectivity index (χ3v) is 6.71. The van der Waals surface area contributed by atoms with Crippen LogP contribution < -0.4 is 18.9 Å². The first-order valence-electron chi connectivity index (χ1n) is 12.9. The van der Waals surface area contributed by atoms with E-state index in [9.17, 15) is 0 Å². The van der Waals surface area contributed by atoms with Crippen LogP contribution in [0.2, 0.25) is 0 Å². The molecule has 0 saturated carbocycles. The molecule has 0 aliphatic heterocycles. The van der Waals surface area contributed by atoms with Crippen LogP contribution in [-0.2, 0) is 0 Å². The fraction of sp³-hybridized carbons (Fsp3) is 0.125. The molecule has 0 aliphatic carbocycles. The summed E-state index contributed by atoms with van der Waals surface area (Å²) in [4.78, 5) is 0. The molecule has 4 aromatic carbocycles. The molecule has 0 N–H and O–H groups in total. The molecule has 0 atom stereocenters. The van der Waals surface area contributed by atoms with Crippen molar-refractivity contribution in [2.45, 2.75) is 0 Å². The predicted molar refractivity (Wildman–Crippen MR) is 156 cm³/mol. The maximum absolute atomic E-state index is 5.94. The van der Waals surface area contributed by atoms with Gasteiger partial charge in [-0.3, -0.25) is 0 Å². The smallest absolute Gasteiger partial charge is 0.248 e. The van der Waals surface area contributed by atoms with Gasteiger partial charge >= 0.3 is 0 Å². The minimum atomic E-state index is 0.390. The molecule has 0 aliphatic rings. The Balaban J connectivity index is 1.17. The van der Waals surface area contributed by atoms with Crippen LogP contribution in [0.3, 0.4) is 0 Å². The van der Waals surface area contributed by atoms with Gasteiger partial charge in [-0.15, -0.1) is 20.4 Å². The molecule has 6 aromatic rings. The molecule has 10 heteroatoms. The molecule has 0 radical (unpaired) electrons. The zero-order valence-corrected chi connectivity index (χ0v) is 23.3. The molecule has 210 valence electrons. The lowest BCUT2D eigenvalue weighted by Gasteiger charge is -2.07. The standard InChI is InChI=1S/C32H26N4O6/c1-37-25-15-13-23(17-27(25)39-3)31-35-33-29(41-31)21-9-5-19(6-10-21)20-7-11-22(12-8-20)30-34-36-32(42-30)24-14-16-26(38-2)28(18-24)40-4/h5-18H,1-4H3. The summed E-state index contributed by atoms with van der Waals surface area (Å²) in [5.74, 6) is 4.04. The average molecular weight is 563 g/mol. The van der Waals surface area contributed by atoms with Crippen molar-refractivity contribution in [3.8, 4) is 79.9 Å². The maximum atomic E-state index is 5.94. The molecule has 0 fully saturated rings. The lowest BCUT2D eigenvalue weighted by atomic mass is 10.0. The van der Waals surface area contributed by atoms with E-state index in [1.807, 2.05) is 60.7 Å². The van der Waals surface area contributed by atoms with Crippen molar-refractivity contribution in [3.05, 3.63) is 84.9 Å². The summed E-state index contributed by atoms with van der Waals surface area (Å²) in [7, 11) is 6.34. The molecule has 0 bridgehead atoms. The number of benzene rings is 4. The van der Waals surface area contributed by atoms with Crippen molar-refractivity contribution in [1.29, 1.82) is 0 Å². The van der Waals surface area contributed by atoms with Gasteiger partial charge in [0.2, 0.25) is 23.6 Å². The molecule has 0 spiro atoms. The van der Waals surface area contributed by atoms with Gasteiger partial charge in [-0.25, -0.2) is 0 Å². The van der Waals surface area contributed by atoms with E-state index in [0.717, 1.165) is 33.4 Å². The summed E-state index contributed by atoms with van der Waals surface area (Å²) in [6.45, 7) is 0. The van der Waals surface area contributed by atoms with Crippen LogP contribution in [0, 0.1) is 0 Å². The molecule has 0 amide bonds. The SMILES string of the molecule is COc1ccc(-c2nnc(-c3ccc(-c4ccc(-c5nnc(-c6ccc(OC)c(OC)c6)o5)cc4)cc3)o2)cc1OC. The summed E-state index contributed by atoms with van der Waals surface area (Å²) in [6, 6.07) is 26.7. The van der Waals surface area contributed by atoms with Crippen LogP contribution in [0.5, 0.6) is 23.0 Å². The van der Waals surface area contributed by atoms with Crippen LogP contribution in [0.15, 0.2) is 93.8 Å². The van der Waals surface area contributed by atoms with Gasteiger partial charge in [-0.2, -0.15) is 0 Å². The number of hydrogen-bond acceptors (Lipinski definition) is 10. The number of aromatic nitrogens is 4. The maximum Gasteiger partial charge on any atom is 0.248 e. The van der Waals surface area contributed by atoms with Crippen molar-refractivity contribution in [2.75, 3.05) is 28.4 Å². The highest BCUT2D eigenvalue weighted by Gasteiger charge is 2.15. The molecule has 2 aromatic heterocycles. The van der Waals surface area contributed by atoms with Crippen molar-refractivity contribution >= 4 is 0 Å². The quantitative estimate of drug-likeness (QED) is 0.186. The normalized spacial score (nSPS) is 10.9. The van der Waals surface area contributed by atoms with Crippen molar-refractivity contribution in [2.24, 2.45) is 0 Å². The minimum absolute atomic E-state index is 0.390. The van der Waals surface area contributed by atoms with Gasteiger partial charge in [0.1, 0.15) is 0 Å². The molecule has 0 unspecified atom stereocenters. The number of ether oxygens (including phenoxy) is 4. The van der Waals surface area contributed by atoms with Crippen molar-refractivity contribution < 1.29 is 27.8 Å². The van der Waals surface area contributed by atoms with Crippen molar-refractivity contribution in [3.63, 3.8) is 0 Å². The molecule has 2 heterocycles. The minimum Gasteiger partial charge on any atom is -0.493 e. The van der Waals surface area contributed by atoms with E-state index in [2.05, 4.69) is 20.4 Å². The van der Waals surface area contributed by atoms with E-state index in [4.69, 9.17) is 27.8 Å². The average Bonchev–Trinajstić information content (AvgIpc) is 3.75. The first-order chi connectivity index (χ1) is 20.6. The molecule has 0 saturated heterocycles. The van der Waals surface area contributed by atoms with Crippen LogP contribution in [0.25, 0.3) is 56.9 Å². The fourth-order valence-corrected chi connectivity index (χ4v) is 4.46. The van der Waals surface area contributed by atoms with Crippen LogP contribution in [0.4, 0.5) is 0 Å². The highest BCUT2D eigenvalue weighted by atomic mass is 16.5. The molecule has 10 nitrogen and oxygen atoms in total.